The van der Waals surface area contributed by atoms with Gasteiger partial charge in [0.1, 0.15) is 24.0 Å². The monoisotopic (exact) mass is 335 g/mol. The number of para-hydroxylation sites is 1. The number of amides is 1. The Balaban J connectivity index is 1.74. The molecule has 0 radical (unpaired) electrons. The Morgan fingerprint density at radius 3 is 2.80 bits per heavy atom. The first-order valence-electron chi connectivity index (χ1n) is 8.00. The zero-order valence-electron chi connectivity index (χ0n) is 13.9. The number of hydrogen-bond acceptors (Lipinski definition) is 5. The zero-order valence-corrected chi connectivity index (χ0v) is 13.9. The maximum Gasteiger partial charge on any atom is 0.248 e. The molecule has 0 bridgehead atoms. The van der Waals surface area contributed by atoms with E-state index in [1.807, 2.05) is 44.2 Å². The van der Waals surface area contributed by atoms with Gasteiger partial charge in [-0.25, -0.2) is 9.67 Å². The molecule has 3 heterocycles. The second-order valence-corrected chi connectivity index (χ2v) is 6.00. The number of carbonyl (C=O) groups is 1. The molecule has 0 saturated heterocycles. The Bertz CT molecular complexity index is 942. The lowest BCUT2D eigenvalue weighted by Gasteiger charge is -2.28. The Labute approximate surface area is 144 Å². The van der Waals surface area contributed by atoms with Gasteiger partial charge in [-0.3, -0.25) is 4.79 Å². The number of rotatable bonds is 3. The summed E-state index contributed by atoms with van der Waals surface area (Å²) in [6.45, 7) is 3.78. The van der Waals surface area contributed by atoms with Crippen LogP contribution in [0.5, 0.6) is 0 Å². The maximum absolute atomic E-state index is 13.1. The van der Waals surface area contributed by atoms with Crippen LogP contribution >= 0.6 is 0 Å². The number of benzene rings is 1. The number of anilines is 1. The van der Waals surface area contributed by atoms with E-state index >= 15 is 0 Å². The first-order valence-corrected chi connectivity index (χ1v) is 8.00. The zero-order chi connectivity index (χ0) is 17.4. The number of aliphatic imine (C=N–C) groups is 1. The topological polar surface area (TPSA) is 85.3 Å². The van der Waals surface area contributed by atoms with Crippen molar-refractivity contribution in [3.05, 3.63) is 60.3 Å². The van der Waals surface area contributed by atoms with Crippen molar-refractivity contribution in [1.29, 1.82) is 0 Å². The summed E-state index contributed by atoms with van der Waals surface area (Å²) in [4.78, 5) is 21.7. The van der Waals surface area contributed by atoms with Crippen LogP contribution in [0.15, 0.2) is 58.4 Å². The van der Waals surface area contributed by atoms with Gasteiger partial charge in [0.05, 0.1) is 6.26 Å². The number of nitrogens with one attached hydrogen (secondary N) is 1. The molecule has 25 heavy (non-hydrogen) atoms. The van der Waals surface area contributed by atoms with Gasteiger partial charge in [0, 0.05) is 11.4 Å². The summed E-state index contributed by atoms with van der Waals surface area (Å²) in [6, 6.07) is 10.9. The van der Waals surface area contributed by atoms with Crippen LogP contribution < -0.4 is 5.32 Å². The predicted molar refractivity (Wildman–Crippen MR) is 92.9 cm³/mol. The number of hydrogen-bond donors (Lipinski definition) is 1. The van der Waals surface area contributed by atoms with Crippen molar-refractivity contribution in [1.82, 2.24) is 14.8 Å². The molecule has 2 aromatic heterocycles. The van der Waals surface area contributed by atoms with E-state index in [-0.39, 0.29) is 5.91 Å². The number of aromatic nitrogens is 3. The number of carbonyl (C=O) groups excluding carboxylic acids is 1. The van der Waals surface area contributed by atoms with E-state index < -0.39 is 12.0 Å². The Morgan fingerprint density at radius 2 is 2.04 bits per heavy atom. The van der Waals surface area contributed by atoms with Crippen molar-refractivity contribution < 1.29 is 9.21 Å². The molecule has 4 rings (SSSR count). The molecule has 1 amide bonds. The van der Waals surface area contributed by atoms with Crippen molar-refractivity contribution in [3.8, 4) is 0 Å². The van der Waals surface area contributed by atoms with Gasteiger partial charge in [-0.15, -0.1) is 0 Å². The normalized spacial score (nSPS) is 19.2. The summed E-state index contributed by atoms with van der Waals surface area (Å²) in [5.74, 6) is 0.419. The lowest BCUT2D eigenvalue weighted by atomic mass is 9.91. The van der Waals surface area contributed by atoms with E-state index in [1.165, 1.54) is 6.33 Å². The summed E-state index contributed by atoms with van der Waals surface area (Å²) < 4.78 is 7.21. The molecular weight excluding hydrogens is 318 g/mol. The third-order valence-electron chi connectivity index (χ3n) is 4.38. The molecule has 0 spiro atoms. The fraction of sp³-hybridized carbons (Fsp3) is 0.222. The van der Waals surface area contributed by atoms with E-state index in [9.17, 15) is 4.79 Å². The number of aryl methyl sites for hydroxylation is 1. The van der Waals surface area contributed by atoms with Gasteiger partial charge in [-0.05, 0) is 37.6 Å². The van der Waals surface area contributed by atoms with E-state index in [2.05, 4.69) is 20.4 Å². The molecule has 7 nitrogen and oxygen atoms in total. The first-order chi connectivity index (χ1) is 12.1. The summed E-state index contributed by atoms with van der Waals surface area (Å²) >= 11 is 0. The third kappa shape index (κ3) is 2.63. The average Bonchev–Trinajstić information content (AvgIpc) is 3.26. The lowest BCUT2D eigenvalue weighted by molar-refractivity contribution is -0.119. The maximum atomic E-state index is 13.1. The third-order valence-corrected chi connectivity index (χ3v) is 4.38. The van der Waals surface area contributed by atoms with Crippen LogP contribution in [0.3, 0.4) is 0 Å². The van der Waals surface area contributed by atoms with Crippen LogP contribution in [0.1, 0.15) is 24.3 Å². The van der Waals surface area contributed by atoms with Crippen LogP contribution in [-0.4, -0.2) is 26.4 Å². The highest BCUT2D eigenvalue weighted by atomic mass is 16.3. The lowest BCUT2D eigenvalue weighted by Crippen LogP contribution is -2.39. The van der Waals surface area contributed by atoms with Crippen molar-refractivity contribution in [2.75, 3.05) is 5.32 Å². The molecule has 2 unspecified atom stereocenters. The van der Waals surface area contributed by atoms with E-state index in [4.69, 9.17) is 4.42 Å². The molecule has 0 aliphatic carbocycles. The molecule has 1 N–H and O–H groups in total. The van der Waals surface area contributed by atoms with Gasteiger partial charge in [-0.1, -0.05) is 18.2 Å². The van der Waals surface area contributed by atoms with Gasteiger partial charge in [0.2, 0.25) is 11.9 Å². The highest BCUT2D eigenvalue weighted by Gasteiger charge is 2.40. The molecule has 1 aliphatic rings. The highest BCUT2D eigenvalue weighted by molar-refractivity contribution is 6.10. The molecule has 0 fully saturated rings. The van der Waals surface area contributed by atoms with Gasteiger partial charge >= 0.3 is 0 Å². The largest absolute Gasteiger partial charge is 0.467 e. The Kier molecular flexibility index (Phi) is 3.68. The first kappa shape index (κ1) is 15.3. The molecule has 1 aromatic carbocycles. The number of furan rings is 1. The van der Waals surface area contributed by atoms with Gasteiger partial charge in [-0.2, -0.15) is 10.1 Å². The molecule has 1 aliphatic heterocycles. The molecule has 0 saturated carbocycles. The van der Waals surface area contributed by atoms with Crippen molar-refractivity contribution in [3.63, 3.8) is 0 Å². The highest BCUT2D eigenvalue weighted by Crippen LogP contribution is 2.35. The van der Waals surface area contributed by atoms with E-state index in [0.717, 1.165) is 11.3 Å². The molecule has 126 valence electrons. The minimum atomic E-state index is -0.542. The smallest absolute Gasteiger partial charge is 0.248 e. The minimum Gasteiger partial charge on any atom is -0.467 e. The predicted octanol–water partition coefficient (Wildman–Crippen LogP) is 3.13. The Hall–Kier alpha value is -3.22. The molecule has 3 aromatic rings. The standard InChI is InChI=1S/C18H17N5O2/c1-11-6-3-4-7-13(11)22-17(24)15-12(2)21-18-19-10-20-23(18)16(15)14-8-5-9-25-14/h3-10,15-16H,1-2H3,(H,22,24). The van der Waals surface area contributed by atoms with E-state index in [0.29, 0.717) is 17.4 Å². The molecule has 2 atom stereocenters. The molecular formula is C18H17N5O2. The second kappa shape index (κ2) is 6.01. The Morgan fingerprint density at radius 1 is 1.20 bits per heavy atom. The fourth-order valence-corrected chi connectivity index (χ4v) is 3.12. The average molecular weight is 335 g/mol. The van der Waals surface area contributed by atoms with Gasteiger partial charge < -0.3 is 9.73 Å². The quantitative estimate of drug-likeness (QED) is 0.797. The minimum absolute atomic E-state index is 0.155. The fourth-order valence-electron chi connectivity index (χ4n) is 3.12. The van der Waals surface area contributed by atoms with Crippen molar-refractivity contribution in [2.45, 2.75) is 19.9 Å². The van der Waals surface area contributed by atoms with Crippen LogP contribution in [0, 0.1) is 12.8 Å². The van der Waals surface area contributed by atoms with Crippen LogP contribution in [0.2, 0.25) is 0 Å². The summed E-state index contributed by atoms with van der Waals surface area (Å²) in [6.07, 6.45) is 3.02. The van der Waals surface area contributed by atoms with Crippen LogP contribution in [0.25, 0.3) is 0 Å². The van der Waals surface area contributed by atoms with Crippen molar-refractivity contribution in [2.24, 2.45) is 10.9 Å². The summed E-state index contributed by atoms with van der Waals surface area (Å²) in [7, 11) is 0. The number of fused-ring (bicyclic) bond motifs is 1. The van der Waals surface area contributed by atoms with Gasteiger partial charge in [0.25, 0.3) is 0 Å². The van der Waals surface area contributed by atoms with Crippen LogP contribution in [-0.2, 0) is 4.79 Å². The SMILES string of the molecule is CC1=Nc2ncnn2C(c2ccco2)C1C(=O)Nc1ccccc1C. The van der Waals surface area contributed by atoms with Crippen molar-refractivity contribution >= 4 is 23.3 Å². The second-order valence-electron chi connectivity index (χ2n) is 6.00. The summed E-state index contributed by atoms with van der Waals surface area (Å²) in [5, 5.41) is 7.25. The van der Waals surface area contributed by atoms with Crippen LogP contribution in [0.4, 0.5) is 11.6 Å². The van der Waals surface area contributed by atoms with E-state index in [1.54, 1.807) is 17.0 Å². The molecule has 7 heteroatoms. The number of nitrogens with zero attached hydrogens (tertiary/aromatic N) is 4. The summed E-state index contributed by atoms with van der Waals surface area (Å²) in [5.41, 5.74) is 2.45. The van der Waals surface area contributed by atoms with Gasteiger partial charge in [0.15, 0.2) is 0 Å².